The van der Waals surface area contributed by atoms with Gasteiger partial charge >= 0.3 is 0 Å². The smallest absolute Gasteiger partial charge is 0.163 e. The number of ether oxygens (including phenoxy) is 1. The second kappa shape index (κ2) is 6.04. The van der Waals surface area contributed by atoms with E-state index in [-0.39, 0.29) is 6.04 Å². The van der Waals surface area contributed by atoms with Gasteiger partial charge in [0, 0.05) is 6.04 Å². The molecule has 2 aromatic rings. The summed E-state index contributed by atoms with van der Waals surface area (Å²) in [5.74, 6) is 0.539. The van der Waals surface area contributed by atoms with Gasteiger partial charge in [0.25, 0.3) is 0 Å². The number of rotatable bonds is 4. The van der Waals surface area contributed by atoms with Crippen LogP contribution in [-0.4, -0.2) is 22.0 Å². The summed E-state index contributed by atoms with van der Waals surface area (Å²) in [6.07, 6.45) is 0.709. The van der Waals surface area contributed by atoms with E-state index in [1.807, 2.05) is 13.8 Å². The Morgan fingerprint density at radius 2 is 1.95 bits per heavy atom. The predicted octanol–water partition coefficient (Wildman–Crippen LogP) is 3.86. The maximum absolute atomic E-state index is 10.6. The molecule has 4 nitrogen and oxygen atoms in total. The molecule has 0 spiro atoms. The molecule has 0 saturated carbocycles. The normalized spacial score (nSPS) is 12.8. The van der Waals surface area contributed by atoms with Gasteiger partial charge < -0.3 is 9.84 Å². The van der Waals surface area contributed by atoms with Crippen LogP contribution < -0.4 is 4.74 Å². The van der Waals surface area contributed by atoms with Crippen LogP contribution in [0.5, 0.6) is 5.75 Å². The standard InChI is InChI=1S/C14H16Cl2N2O2/c1-8(2)18-13(12(20-3)7-17-18)14(19)9-4-5-10(15)11(16)6-9/h4-8,14,19H,1-3H3. The van der Waals surface area contributed by atoms with E-state index in [1.165, 1.54) is 0 Å². The molecule has 0 amide bonds. The molecular formula is C14H16Cl2N2O2. The third-order valence-corrected chi connectivity index (χ3v) is 3.77. The zero-order chi connectivity index (χ0) is 14.9. The molecule has 1 atom stereocenters. The van der Waals surface area contributed by atoms with Crippen molar-refractivity contribution in [2.75, 3.05) is 7.11 Å². The maximum atomic E-state index is 10.6. The molecule has 0 aliphatic carbocycles. The molecular weight excluding hydrogens is 299 g/mol. The van der Waals surface area contributed by atoms with E-state index >= 15 is 0 Å². The number of aliphatic hydroxyl groups excluding tert-OH is 1. The van der Waals surface area contributed by atoms with Crippen molar-refractivity contribution in [1.29, 1.82) is 0 Å². The Balaban J connectivity index is 2.49. The molecule has 20 heavy (non-hydrogen) atoms. The van der Waals surface area contributed by atoms with Crippen LogP contribution in [-0.2, 0) is 0 Å². The zero-order valence-electron chi connectivity index (χ0n) is 11.5. The minimum absolute atomic E-state index is 0.103. The number of benzene rings is 1. The van der Waals surface area contributed by atoms with Crippen LogP contribution in [0.4, 0.5) is 0 Å². The quantitative estimate of drug-likeness (QED) is 0.932. The van der Waals surface area contributed by atoms with Gasteiger partial charge in [-0.2, -0.15) is 5.10 Å². The van der Waals surface area contributed by atoms with Crippen LogP contribution in [0.15, 0.2) is 24.4 Å². The molecule has 0 bridgehead atoms. The van der Waals surface area contributed by atoms with E-state index in [9.17, 15) is 5.11 Å². The summed E-state index contributed by atoms with van der Waals surface area (Å²) in [6.45, 7) is 3.97. The van der Waals surface area contributed by atoms with Crippen molar-refractivity contribution in [2.45, 2.75) is 26.0 Å². The highest BCUT2D eigenvalue weighted by molar-refractivity contribution is 6.42. The molecule has 0 aliphatic rings. The maximum Gasteiger partial charge on any atom is 0.163 e. The van der Waals surface area contributed by atoms with Gasteiger partial charge in [-0.25, -0.2) is 0 Å². The summed E-state index contributed by atoms with van der Waals surface area (Å²) in [5, 5.41) is 15.7. The van der Waals surface area contributed by atoms with Crippen molar-refractivity contribution in [3.8, 4) is 5.75 Å². The van der Waals surface area contributed by atoms with Gasteiger partial charge in [0.15, 0.2) is 5.75 Å². The molecule has 1 aromatic carbocycles. The van der Waals surface area contributed by atoms with E-state index in [2.05, 4.69) is 5.10 Å². The van der Waals surface area contributed by atoms with Gasteiger partial charge in [0.05, 0.1) is 23.4 Å². The SMILES string of the molecule is COc1cnn(C(C)C)c1C(O)c1ccc(Cl)c(Cl)c1. The summed E-state index contributed by atoms with van der Waals surface area (Å²) in [6, 6.07) is 5.14. The molecule has 1 N–H and O–H groups in total. The van der Waals surface area contributed by atoms with Crippen molar-refractivity contribution in [2.24, 2.45) is 0 Å². The molecule has 0 fully saturated rings. The first-order chi connectivity index (χ1) is 9.45. The summed E-state index contributed by atoms with van der Waals surface area (Å²) in [7, 11) is 1.55. The topological polar surface area (TPSA) is 47.3 Å². The first-order valence-electron chi connectivity index (χ1n) is 6.20. The Morgan fingerprint density at radius 1 is 1.25 bits per heavy atom. The molecule has 108 valence electrons. The lowest BCUT2D eigenvalue weighted by Crippen LogP contribution is -2.13. The number of aliphatic hydroxyl groups is 1. The third kappa shape index (κ3) is 2.77. The van der Waals surface area contributed by atoms with Gasteiger partial charge in [-0.3, -0.25) is 4.68 Å². The van der Waals surface area contributed by atoms with Crippen LogP contribution in [0.3, 0.4) is 0 Å². The van der Waals surface area contributed by atoms with Crippen LogP contribution in [0, 0.1) is 0 Å². The molecule has 2 rings (SSSR count). The van der Waals surface area contributed by atoms with E-state index in [1.54, 1.807) is 36.2 Å². The van der Waals surface area contributed by atoms with Crippen molar-refractivity contribution >= 4 is 23.2 Å². The number of halogens is 2. The minimum atomic E-state index is -0.885. The largest absolute Gasteiger partial charge is 0.493 e. The van der Waals surface area contributed by atoms with Crippen molar-refractivity contribution in [1.82, 2.24) is 9.78 Å². The fourth-order valence-electron chi connectivity index (χ4n) is 2.03. The Labute approximate surface area is 127 Å². The lowest BCUT2D eigenvalue weighted by Gasteiger charge is -2.18. The summed E-state index contributed by atoms with van der Waals surface area (Å²) in [5.41, 5.74) is 1.24. The second-order valence-corrected chi connectivity index (χ2v) is 5.53. The Morgan fingerprint density at radius 3 is 2.50 bits per heavy atom. The number of nitrogens with zero attached hydrogens (tertiary/aromatic N) is 2. The van der Waals surface area contributed by atoms with Crippen LogP contribution in [0.1, 0.15) is 37.3 Å². The Bertz CT molecular complexity index is 611. The van der Waals surface area contributed by atoms with Crippen LogP contribution >= 0.6 is 23.2 Å². The Kier molecular flexibility index (Phi) is 4.58. The van der Waals surface area contributed by atoms with E-state index in [0.29, 0.717) is 27.1 Å². The number of hydrogen-bond acceptors (Lipinski definition) is 3. The second-order valence-electron chi connectivity index (χ2n) is 4.71. The van der Waals surface area contributed by atoms with E-state index < -0.39 is 6.10 Å². The van der Waals surface area contributed by atoms with Crippen molar-refractivity contribution in [3.05, 3.63) is 45.7 Å². The van der Waals surface area contributed by atoms with Gasteiger partial charge in [0.2, 0.25) is 0 Å². The monoisotopic (exact) mass is 314 g/mol. The number of methoxy groups -OCH3 is 1. The third-order valence-electron chi connectivity index (χ3n) is 3.03. The predicted molar refractivity (Wildman–Crippen MR) is 79.7 cm³/mol. The molecule has 0 aliphatic heterocycles. The average molecular weight is 315 g/mol. The van der Waals surface area contributed by atoms with Crippen LogP contribution in [0.25, 0.3) is 0 Å². The Hall–Kier alpha value is -1.23. The number of hydrogen-bond donors (Lipinski definition) is 1. The molecule has 6 heteroatoms. The van der Waals surface area contributed by atoms with E-state index in [0.717, 1.165) is 0 Å². The number of aromatic nitrogens is 2. The van der Waals surface area contributed by atoms with E-state index in [4.69, 9.17) is 27.9 Å². The summed E-state index contributed by atoms with van der Waals surface area (Å²) in [4.78, 5) is 0. The summed E-state index contributed by atoms with van der Waals surface area (Å²) < 4.78 is 7.00. The van der Waals surface area contributed by atoms with Gasteiger partial charge in [0.1, 0.15) is 11.8 Å². The highest BCUT2D eigenvalue weighted by atomic mass is 35.5. The van der Waals surface area contributed by atoms with Crippen molar-refractivity contribution in [3.63, 3.8) is 0 Å². The first-order valence-corrected chi connectivity index (χ1v) is 6.95. The zero-order valence-corrected chi connectivity index (χ0v) is 13.0. The molecule has 1 unspecified atom stereocenters. The molecule has 0 saturated heterocycles. The minimum Gasteiger partial charge on any atom is -0.493 e. The fraction of sp³-hybridized carbons (Fsp3) is 0.357. The highest BCUT2D eigenvalue weighted by Gasteiger charge is 2.23. The lowest BCUT2D eigenvalue weighted by molar-refractivity contribution is 0.199. The first kappa shape index (κ1) is 15.2. The van der Waals surface area contributed by atoms with Gasteiger partial charge in [-0.1, -0.05) is 29.3 Å². The van der Waals surface area contributed by atoms with Gasteiger partial charge in [-0.05, 0) is 31.5 Å². The van der Waals surface area contributed by atoms with Crippen molar-refractivity contribution < 1.29 is 9.84 Å². The fourth-order valence-corrected chi connectivity index (χ4v) is 2.33. The lowest BCUT2D eigenvalue weighted by atomic mass is 10.1. The molecule has 1 aromatic heterocycles. The average Bonchev–Trinajstić information content (AvgIpc) is 2.85. The van der Waals surface area contributed by atoms with Crippen LogP contribution in [0.2, 0.25) is 10.0 Å². The molecule has 0 radical (unpaired) electrons. The van der Waals surface area contributed by atoms with Gasteiger partial charge in [-0.15, -0.1) is 0 Å². The summed E-state index contributed by atoms with van der Waals surface area (Å²) >= 11 is 11.9. The highest BCUT2D eigenvalue weighted by Crippen LogP contribution is 2.34. The molecule has 1 heterocycles.